The molecule has 0 saturated carbocycles. The fourth-order valence-corrected chi connectivity index (χ4v) is 1.75. The summed E-state index contributed by atoms with van der Waals surface area (Å²) in [7, 11) is 0. The third-order valence-corrected chi connectivity index (χ3v) is 2.79. The first-order valence-corrected chi connectivity index (χ1v) is 5.78. The Hall–Kier alpha value is -1.34. The molecule has 96 valence electrons. The fourth-order valence-electron chi connectivity index (χ4n) is 1.75. The van der Waals surface area contributed by atoms with Gasteiger partial charge in [0.25, 0.3) is 12.0 Å². The Kier molecular flexibility index (Phi) is 4.16. The number of hydrogen-bond acceptors (Lipinski definition) is 5. The normalized spacial score (nSPS) is 21.2. The fraction of sp³-hybridized carbons (Fsp3) is 0.800. The number of hydrogen-bond donors (Lipinski definition) is 2. The van der Waals surface area contributed by atoms with Crippen LogP contribution >= 0.6 is 0 Å². The van der Waals surface area contributed by atoms with E-state index in [1.807, 2.05) is 0 Å². The van der Waals surface area contributed by atoms with Crippen LogP contribution in [0.3, 0.4) is 0 Å². The molecule has 2 heterocycles. The molecular weight excluding hydrogens is 224 g/mol. The van der Waals surface area contributed by atoms with Crippen molar-refractivity contribution in [3.63, 3.8) is 0 Å². The third kappa shape index (κ3) is 3.31. The number of amidine groups is 2. The van der Waals surface area contributed by atoms with Crippen LogP contribution in [0.5, 0.6) is 0 Å². The monoisotopic (exact) mass is 242 g/mol. The summed E-state index contributed by atoms with van der Waals surface area (Å²) in [5.41, 5.74) is 0. The predicted octanol–water partition coefficient (Wildman–Crippen LogP) is -0.463. The second-order valence-electron chi connectivity index (χ2n) is 3.91. The van der Waals surface area contributed by atoms with E-state index in [9.17, 15) is 0 Å². The molecule has 0 atom stereocenters. The lowest BCUT2D eigenvalue weighted by Crippen LogP contribution is -2.46. The van der Waals surface area contributed by atoms with Gasteiger partial charge in [0, 0.05) is 26.2 Å². The quantitative estimate of drug-likeness (QED) is 0.443. The zero-order valence-corrected chi connectivity index (χ0v) is 9.78. The van der Waals surface area contributed by atoms with Crippen LogP contribution in [0, 0.1) is 10.8 Å². The molecule has 2 saturated heterocycles. The molecule has 7 heteroatoms. The molecule has 2 rings (SSSR count). The van der Waals surface area contributed by atoms with Crippen LogP contribution in [0.15, 0.2) is 0 Å². The Morgan fingerprint density at radius 2 is 1.12 bits per heavy atom. The van der Waals surface area contributed by atoms with Gasteiger partial charge >= 0.3 is 0 Å². The standard InChI is InChI=1S/C10H18N4O3/c11-9(13-1-5-15-6-2-13)17-10(12)14-3-7-16-8-4-14/h11-12H,1-8H2. The molecule has 2 fully saturated rings. The van der Waals surface area contributed by atoms with E-state index in [1.54, 1.807) is 9.80 Å². The van der Waals surface area contributed by atoms with Gasteiger partial charge in [-0.3, -0.25) is 10.8 Å². The van der Waals surface area contributed by atoms with E-state index in [4.69, 9.17) is 25.0 Å². The van der Waals surface area contributed by atoms with Crippen molar-refractivity contribution in [2.45, 2.75) is 0 Å². The molecule has 7 nitrogen and oxygen atoms in total. The largest absolute Gasteiger partial charge is 0.392 e. The zero-order valence-electron chi connectivity index (χ0n) is 9.78. The molecule has 17 heavy (non-hydrogen) atoms. The van der Waals surface area contributed by atoms with Crippen molar-refractivity contribution in [1.29, 1.82) is 10.8 Å². The van der Waals surface area contributed by atoms with Crippen LogP contribution in [0.2, 0.25) is 0 Å². The lowest BCUT2D eigenvalue weighted by Gasteiger charge is -2.31. The topological polar surface area (TPSA) is 81.9 Å². The van der Waals surface area contributed by atoms with Crippen molar-refractivity contribution in [2.24, 2.45) is 0 Å². The zero-order chi connectivity index (χ0) is 12.1. The van der Waals surface area contributed by atoms with Crippen LogP contribution in [0.25, 0.3) is 0 Å². The number of morpholine rings is 2. The Labute approximate surface area is 100 Å². The molecule has 0 aromatic rings. The smallest absolute Gasteiger partial charge is 0.292 e. The summed E-state index contributed by atoms with van der Waals surface area (Å²) in [6, 6.07) is 0.0644. The van der Waals surface area contributed by atoms with Gasteiger partial charge < -0.3 is 24.0 Å². The molecule has 0 aromatic heterocycles. The predicted molar refractivity (Wildman–Crippen MR) is 61.3 cm³/mol. The number of rotatable bonds is 0. The minimum Gasteiger partial charge on any atom is -0.392 e. The maximum Gasteiger partial charge on any atom is 0.292 e. The summed E-state index contributed by atoms with van der Waals surface area (Å²) < 4.78 is 15.6. The van der Waals surface area contributed by atoms with Crippen molar-refractivity contribution >= 4 is 12.0 Å². The Balaban J connectivity index is 1.78. The van der Waals surface area contributed by atoms with Crippen molar-refractivity contribution in [1.82, 2.24) is 9.80 Å². The van der Waals surface area contributed by atoms with E-state index >= 15 is 0 Å². The van der Waals surface area contributed by atoms with Crippen LogP contribution in [-0.2, 0) is 14.2 Å². The summed E-state index contributed by atoms with van der Waals surface area (Å²) in [5, 5.41) is 15.6. The summed E-state index contributed by atoms with van der Waals surface area (Å²) in [6.45, 7) is 5.02. The number of ether oxygens (including phenoxy) is 3. The van der Waals surface area contributed by atoms with Crippen LogP contribution < -0.4 is 0 Å². The molecule has 2 N–H and O–H groups in total. The highest BCUT2D eigenvalue weighted by Crippen LogP contribution is 2.03. The van der Waals surface area contributed by atoms with Gasteiger partial charge in [-0.1, -0.05) is 0 Å². The molecule has 2 aliphatic rings. The van der Waals surface area contributed by atoms with Crippen LogP contribution in [-0.4, -0.2) is 74.4 Å². The van der Waals surface area contributed by atoms with Gasteiger partial charge in [0.05, 0.1) is 26.4 Å². The van der Waals surface area contributed by atoms with Gasteiger partial charge in [-0.05, 0) is 0 Å². The van der Waals surface area contributed by atoms with Gasteiger partial charge in [0.15, 0.2) is 0 Å². The first kappa shape index (κ1) is 12.1. The molecule has 2 aliphatic heterocycles. The van der Waals surface area contributed by atoms with Crippen LogP contribution in [0.1, 0.15) is 0 Å². The van der Waals surface area contributed by atoms with E-state index < -0.39 is 0 Å². The second kappa shape index (κ2) is 5.83. The lowest BCUT2D eigenvalue weighted by atomic mass is 10.4. The molecule has 0 aliphatic carbocycles. The molecule has 0 amide bonds. The average molecular weight is 242 g/mol. The maximum atomic E-state index is 7.78. The van der Waals surface area contributed by atoms with Crippen molar-refractivity contribution in [3.8, 4) is 0 Å². The molecule has 0 radical (unpaired) electrons. The highest BCUT2D eigenvalue weighted by molar-refractivity contribution is 5.86. The van der Waals surface area contributed by atoms with E-state index in [0.717, 1.165) is 0 Å². The Morgan fingerprint density at radius 3 is 1.47 bits per heavy atom. The van der Waals surface area contributed by atoms with Gasteiger partial charge in [-0.15, -0.1) is 0 Å². The van der Waals surface area contributed by atoms with E-state index in [0.29, 0.717) is 52.6 Å². The van der Waals surface area contributed by atoms with Crippen molar-refractivity contribution in [3.05, 3.63) is 0 Å². The SMILES string of the molecule is N=C(OC(=N)N1CCOCC1)N1CCOCC1. The molecule has 0 spiro atoms. The number of nitrogens with one attached hydrogen (secondary N) is 2. The summed E-state index contributed by atoms with van der Waals surface area (Å²) in [6.07, 6.45) is 0. The van der Waals surface area contributed by atoms with Crippen LogP contribution in [0.4, 0.5) is 0 Å². The Bertz CT molecular complexity index is 257. The Morgan fingerprint density at radius 1 is 0.765 bits per heavy atom. The molecular formula is C10H18N4O3. The second-order valence-corrected chi connectivity index (χ2v) is 3.91. The lowest BCUT2D eigenvalue weighted by molar-refractivity contribution is 0.0508. The number of nitrogens with zero attached hydrogens (tertiary/aromatic N) is 2. The summed E-state index contributed by atoms with van der Waals surface area (Å²) >= 11 is 0. The van der Waals surface area contributed by atoms with Gasteiger partial charge in [0.2, 0.25) is 0 Å². The average Bonchev–Trinajstić information content (AvgIpc) is 2.40. The third-order valence-electron chi connectivity index (χ3n) is 2.79. The summed E-state index contributed by atoms with van der Waals surface area (Å²) in [5.74, 6) is 0. The van der Waals surface area contributed by atoms with Crippen molar-refractivity contribution < 1.29 is 14.2 Å². The van der Waals surface area contributed by atoms with Crippen molar-refractivity contribution in [2.75, 3.05) is 52.6 Å². The van der Waals surface area contributed by atoms with Gasteiger partial charge in [-0.2, -0.15) is 0 Å². The van der Waals surface area contributed by atoms with E-state index in [2.05, 4.69) is 0 Å². The first-order chi connectivity index (χ1) is 8.27. The van der Waals surface area contributed by atoms with Gasteiger partial charge in [0.1, 0.15) is 0 Å². The molecule has 0 unspecified atom stereocenters. The molecule has 0 bridgehead atoms. The maximum absolute atomic E-state index is 7.78. The summed E-state index contributed by atoms with van der Waals surface area (Å²) in [4.78, 5) is 3.55. The van der Waals surface area contributed by atoms with Gasteiger partial charge in [-0.25, -0.2) is 0 Å². The van der Waals surface area contributed by atoms with E-state index in [-0.39, 0.29) is 12.0 Å². The first-order valence-electron chi connectivity index (χ1n) is 5.78. The molecule has 0 aromatic carbocycles. The highest BCUT2D eigenvalue weighted by atomic mass is 16.5. The minimum absolute atomic E-state index is 0.0322. The van der Waals surface area contributed by atoms with E-state index in [1.165, 1.54) is 0 Å². The minimum atomic E-state index is 0.0322. The highest BCUT2D eigenvalue weighted by Gasteiger charge is 2.20.